The SMILES string of the molecule is O=C1NN(c2ccc(I)cc2)C(=O)/C1=C\c1ccc(O)cc1. The number of benzene rings is 2. The number of anilines is 1. The Balaban J connectivity index is 1.91. The molecule has 0 atom stereocenters. The summed E-state index contributed by atoms with van der Waals surface area (Å²) < 4.78 is 1.04. The number of aromatic hydroxyl groups is 1. The molecule has 0 spiro atoms. The van der Waals surface area contributed by atoms with Gasteiger partial charge < -0.3 is 5.11 Å². The van der Waals surface area contributed by atoms with Gasteiger partial charge in [-0.1, -0.05) is 12.1 Å². The molecule has 3 rings (SSSR count). The highest BCUT2D eigenvalue weighted by molar-refractivity contribution is 14.1. The van der Waals surface area contributed by atoms with Crippen LogP contribution in [0.2, 0.25) is 0 Å². The van der Waals surface area contributed by atoms with Crippen LogP contribution in [-0.2, 0) is 9.59 Å². The third kappa shape index (κ3) is 2.82. The number of rotatable bonds is 2. The predicted molar refractivity (Wildman–Crippen MR) is 90.9 cm³/mol. The molecule has 5 nitrogen and oxygen atoms in total. The maximum Gasteiger partial charge on any atom is 0.282 e. The second kappa shape index (κ2) is 5.80. The fraction of sp³-hybridized carbons (Fsp3) is 0. The molecule has 2 aromatic carbocycles. The van der Waals surface area contributed by atoms with Crippen LogP contribution >= 0.6 is 22.6 Å². The van der Waals surface area contributed by atoms with E-state index in [9.17, 15) is 14.7 Å². The summed E-state index contributed by atoms with van der Waals surface area (Å²) in [5.74, 6) is -0.722. The van der Waals surface area contributed by atoms with Crippen LogP contribution in [0, 0.1) is 3.57 Å². The van der Waals surface area contributed by atoms with E-state index in [1.165, 1.54) is 23.2 Å². The normalized spacial score (nSPS) is 16.2. The van der Waals surface area contributed by atoms with E-state index in [1.807, 2.05) is 12.1 Å². The molecule has 1 saturated heterocycles. The van der Waals surface area contributed by atoms with Crippen molar-refractivity contribution in [1.82, 2.24) is 5.43 Å². The third-order valence-corrected chi connectivity index (χ3v) is 3.90. The van der Waals surface area contributed by atoms with Gasteiger partial charge in [-0.2, -0.15) is 0 Å². The van der Waals surface area contributed by atoms with Crippen LogP contribution in [-0.4, -0.2) is 16.9 Å². The molecule has 0 aliphatic carbocycles. The van der Waals surface area contributed by atoms with Gasteiger partial charge in [0.2, 0.25) is 0 Å². The highest BCUT2D eigenvalue weighted by atomic mass is 127. The minimum absolute atomic E-state index is 0.0595. The molecule has 0 unspecified atom stereocenters. The Hall–Kier alpha value is -2.35. The quantitative estimate of drug-likeness (QED) is 0.458. The molecular formula is C16H11IN2O3. The first kappa shape index (κ1) is 14.6. The van der Waals surface area contributed by atoms with Gasteiger partial charge in [0.25, 0.3) is 11.8 Å². The van der Waals surface area contributed by atoms with Crippen LogP contribution in [0.15, 0.2) is 54.1 Å². The Labute approximate surface area is 140 Å². The summed E-state index contributed by atoms with van der Waals surface area (Å²) in [6.45, 7) is 0. The molecule has 0 aromatic heterocycles. The van der Waals surface area contributed by atoms with Crippen LogP contribution < -0.4 is 10.4 Å². The number of hydrogen-bond donors (Lipinski definition) is 2. The molecule has 6 heteroatoms. The Morgan fingerprint density at radius 2 is 1.64 bits per heavy atom. The summed E-state index contributed by atoms with van der Waals surface area (Å²) in [6, 6.07) is 13.5. The van der Waals surface area contributed by atoms with Gasteiger partial charge in [0.05, 0.1) is 5.69 Å². The smallest absolute Gasteiger partial charge is 0.282 e. The number of hydrogen-bond acceptors (Lipinski definition) is 3. The van der Waals surface area contributed by atoms with Gasteiger partial charge >= 0.3 is 0 Å². The standard InChI is InChI=1S/C16H11IN2O3/c17-11-3-5-12(6-4-11)19-16(22)14(15(21)18-19)9-10-1-7-13(20)8-2-10/h1-9,20H,(H,18,21)/b14-9-. The summed E-state index contributed by atoms with van der Waals surface area (Å²) in [5.41, 5.74) is 3.88. The number of phenolic OH excluding ortho intramolecular Hbond substituents is 1. The van der Waals surface area contributed by atoms with E-state index in [4.69, 9.17) is 0 Å². The molecule has 0 radical (unpaired) electrons. The van der Waals surface area contributed by atoms with Gasteiger partial charge in [0.1, 0.15) is 11.3 Å². The van der Waals surface area contributed by atoms with E-state index >= 15 is 0 Å². The summed E-state index contributed by atoms with van der Waals surface area (Å²) in [4.78, 5) is 24.4. The average Bonchev–Trinajstić information content (AvgIpc) is 2.78. The fourth-order valence-electron chi connectivity index (χ4n) is 2.07. The molecule has 2 amide bonds. The lowest BCUT2D eigenvalue weighted by Crippen LogP contribution is -2.35. The zero-order valence-electron chi connectivity index (χ0n) is 11.3. The van der Waals surface area contributed by atoms with Crippen molar-refractivity contribution in [2.45, 2.75) is 0 Å². The Morgan fingerprint density at radius 3 is 2.27 bits per heavy atom. The van der Waals surface area contributed by atoms with Crippen LogP contribution in [0.4, 0.5) is 5.69 Å². The highest BCUT2D eigenvalue weighted by Crippen LogP contribution is 2.22. The van der Waals surface area contributed by atoms with Crippen molar-refractivity contribution in [3.8, 4) is 5.75 Å². The lowest BCUT2D eigenvalue weighted by atomic mass is 10.1. The Morgan fingerprint density at radius 1 is 1.00 bits per heavy atom. The minimum atomic E-state index is -0.448. The molecule has 0 saturated carbocycles. The van der Waals surface area contributed by atoms with E-state index in [1.54, 1.807) is 24.3 Å². The van der Waals surface area contributed by atoms with Crippen molar-refractivity contribution in [1.29, 1.82) is 0 Å². The van der Waals surface area contributed by atoms with Crippen molar-refractivity contribution in [3.63, 3.8) is 0 Å². The zero-order chi connectivity index (χ0) is 15.7. The third-order valence-electron chi connectivity index (χ3n) is 3.18. The monoisotopic (exact) mass is 406 g/mol. The minimum Gasteiger partial charge on any atom is -0.508 e. The highest BCUT2D eigenvalue weighted by Gasteiger charge is 2.34. The number of nitrogens with one attached hydrogen (secondary N) is 1. The van der Waals surface area contributed by atoms with Gasteiger partial charge in [-0.15, -0.1) is 0 Å². The summed E-state index contributed by atoms with van der Waals surface area (Å²) in [6.07, 6.45) is 1.50. The summed E-state index contributed by atoms with van der Waals surface area (Å²) >= 11 is 2.17. The number of nitrogens with zero attached hydrogens (tertiary/aromatic N) is 1. The molecule has 2 aromatic rings. The topological polar surface area (TPSA) is 69.6 Å². The van der Waals surface area contributed by atoms with E-state index in [2.05, 4.69) is 28.0 Å². The molecule has 2 N–H and O–H groups in total. The number of phenols is 1. The lowest BCUT2D eigenvalue weighted by molar-refractivity contribution is -0.117. The lowest BCUT2D eigenvalue weighted by Gasteiger charge is -2.14. The number of hydrazine groups is 1. The van der Waals surface area contributed by atoms with Crippen molar-refractivity contribution in [3.05, 3.63) is 63.2 Å². The van der Waals surface area contributed by atoms with E-state index in [-0.39, 0.29) is 11.3 Å². The van der Waals surface area contributed by atoms with Crippen LogP contribution in [0.1, 0.15) is 5.56 Å². The maximum absolute atomic E-state index is 12.4. The van der Waals surface area contributed by atoms with Gasteiger partial charge in [0.15, 0.2) is 0 Å². The summed E-state index contributed by atoms with van der Waals surface area (Å²) in [5, 5.41) is 10.5. The second-order valence-electron chi connectivity index (χ2n) is 4.71. The van der Waals surface area contributed by atoms with E-state index < -0.39 is 11.8 Å². The van der Waals surface area contributed by atoms with Gasteiger partial charge in [-0.05, 0) is 70.6 Å². The van der Waals surface area contributed by atoms with Crippen LogP contribution in [0.5, 0.6) is 5.75 Å². The van der Waals surface area contributed by atoms with Gasteiger partial charge in [0, 0.05) is 3.57 Å². The largest absolute Gasteiger partial charge is 0.508 e. The van der Waals surface area contributed by atoms with Crippen molar-refractivity contribution < 1.29 is 14.7 Å². The number of carbonyl (C=O) groups is 2. The number of halogens is 1. The Kier molecular flexibility index (Phi) is 3.84. The van der Waals surface area contributed by atoms with Gasteiger partial charge in [-0.3, -0.25) is 15.0 Å². The summed E-state index contributed by atoms with van der Waals surface area (Å²) in [7, 11) is 0. The van der Waals surface area contributed by atoms with Crippen molar-refractivity contribution >= 4 is 46.2 Å². The average molecular weight is 406 g/mol. The predicted octanol–water partition coefficient (Wildman–Crippen LogP) is 2.46. The van der Waals surface area contributed by atoms with E-state index in [0.29, 0.717) is 11.3 Å². The molecule has 1 aliphatic heterocycles. The molecule has 1 heterocycles. The first-order chi connectivity index (χ1) is 10.5. The zero-order valence-corrected chi connectivity index (χ0v) is 13.4. The Bertz CT molecular complexity index is 767. The number of carbonyl (C=O) groups excluding carboxylic acids is 2. The van der Waals surface area contributed by atoms with Crippen LogP contribution in [0.25, 0.3) is 6.08 Å². The molecule has 1 aliphatic rings. The maximum atomic E-state index is 12.4. The van der Waals surface area contributed by atoms with Crippen molar-refractivity contribution in [2.75, 3.05) is 5.01 Å². The van der Waals surface area contributed by atoms with Crippen molar-refractivity contribution in [2.24, 2.45) is 0 Å². The molecule has 0 bridgehead atoms. The molecule has 1 fully saturated rings. The van der Waals surface area contributed by atoms with Crippen LogP contribution in [0.3, 0.4) is 0 Å². The first-order valence-corrected chi connectivity index (χ1v) is 7.54. The van der Waals surface area contributed by atoms with Gasteiger partial charge in [-0.25, -0.2) is 5.01 Å². The first-order valence-electron chi connectivity index (χ1n) is 6.46. The van der Waals surface area contributed by atoms with E-state index in [0.717, 1.165) is 3.57 Å². The molecule has 22 heavy (non-hydrogen) atoms. The number of amides is 2. The molecular weight excluding hydrogens is 395 g/mol. The second-order valence-corrected chi connectivity index (χ2v) is 5.95. The molecule has 110 valence electrons. The fourth-order valence-corrected chi connectivity index (χ4v) is 2.43.